The Balaban J connectivity index is 1.56. The van der Waals surface area contributed by atoms with Crippen LogP contribution in [0.2, 0.25) is 0 Å². The Bertz CT molecular complexity index is 1280. The van der Waals surface area contributed by atoms with E-state index in [9.17, 15) is 19.1 Å². The van der Waals surface area contributed by atoms with Gasteiger partial charge in [0.25, 0.3) is 0 Å². The fourth-order valence-corrected chi connectivity index (χ4v) is 5.01. The van der Waals surface area contributed by atoms with Crippen molar-refractivity contribution in [1.29, 1.82) is 0 Å². The lowest BCUT2D eigenvalue weighted by atomic mass is 10.00. The molecule has 45 heavy (non-hydrogen) atoms. The molecule has 2 heterocycles. The van der Waals surface area contributed by atoms with Crippen molar-refractivity contribution in [2.45, 2.75) is 51.0 Å². The number of aliphatic carboxylic acids is 1. The number of halogens is 1. The molecule has 3 rings (SSSR count). The third kappa shape index (κ3) is 12.5. The maximum atomic E-state index is 14.6. The number of benzene rings is 1. The van der Waals surface area contributed by atoms with Gasteiger partial charge < -0.3 is 34.3 Å². The summed E-state index contributed by atoms with van der Waals surface area (Å²) in [6.45, 7) is 2.96. The Kier molecular flexibility index (Phi) is 15.9. The molecule has 0 saturated heterocycles. The Morgan fingerprint density at radius 3 is 2.58 bits per heavy atom. The molecule has 2 aromatic rings. The summed E-state index contributed by atoms with van der Waals surface area (Å²) in [6, 6.07) is 7.46. The van der Waals surface area contributed by atoms with Gasteiger partial charge in [-0.05, 0) is 67.0 Å². The van der Waals surface area contributed by atoms with Gasteiger partial charge in [0.1, 0.15) is 5.82 Å². The highest BCUT2D eigenvalue weighted by molar-refractivity contribution is 5.78. The number of carboxylic acid groups (broad SMARTS) is 1. The molecule has 0 aliphatic carbocycles. The Morgan fingerprint density at radius 1 is 1.11 bits per heavy atom. The number of carbonyl (C=O) groups excluding carboxylic acids is 1. The maximum absolute atomic E-state index is 14.6. The first-order valence-corrected chi connectivity index (χ1v) is 15.2. The van der Waals surface area contributed by atoms with Gasteiger partial charge in [0.05, 0.1) is 59.2 Å². The van der Waals surface area contributed by atoms with Crippen LogP contribution in [0.5, 0.6) is 5.75 Å². The van der Waals surface area contributed by atoms with Crippen LogP contribution in [0.3, 0.4) is 0 Å². The third-order valence-corrected chi connectivity index (χ3v) is 7.27. The lowest BCUT2D eigenvalue weighted by molar-refractivity contribution is -0.141. The molecule has 0 saturated carbocycles. The molecule has 1 aliphatic rings. The number of anilines is 1. The highest BCUT2D eigenvalue weighted by Crippen LogP contribution is 2.29. The number of amides is 1. The number of rotatable bonds is 22. The second-order valence-corrected chi connectivity index (χ2v) is 10.4. The zero-order chi connectivity index (χ0) is 32.3. The monoisotopic (exact) mass is 630 g/mol. The molecule has 1 aromatic heterocycles. The van der Waals surface area contributed by atoms with E-state index in [1.165, 1.54) is 29.7 Å². The zero-order valence-corrected chi connectivity index (χ0v) is 25.8. The van der Waals surface area contributed by atoms with Crippen molar-refractivity contribution in [1.82, 2.24) is 9.88 Å². The van der Waals surface area contributed by atoms with E-state index in [0.29, 0.717) is 44.8 Å². The van der Waals surface area contributed by atoms with Gasteiger partial charge in [0.15, 0.2) is 11.6 Å². The minimum Gasteiger partial charge on any atom is -0.494 e. The number of hydrogen-bond donors (Lipinski definition) is 2. The lowest BCUT2D eigenvalue weighted by Crippen LogP contribution is -2.38. The Labute approximate surface area is 262 Å². The summed E-state index contributed by atoms with van der Waals surface area (Å²) >= 11 is 0. The molecule has 1 amide bonds. The number of fused-ring (bicyclic) bond motifs is 1. The number of azide groups is 1. The first-order chi connectivity index (χ1) is 21.9. The largest absolute Gasteiger partial charge is 0.494 e. The van der Waals surface area contributed by atoms with E-state index in [4.69, 9.17) is 29.5 Å². The van der Waals surface area contributed by atoms with Crippen molar-refractivity contribution in [2.75, 3.05) is 71.7 Å². The normalized spacial score (nSPS) is 12.8. The standard InChI is InChI=1S/C31H43FN6O7/c1-42-28-11-9-24(21-26(28)32)27(22-30(40)41)38(14-16-44-18-20-45-19-17-43-15-13-35-37-33)29(39)7-3-2-6-25-10-8-23-5-4-12-34-31(23)36-25/h8-11,21,27H,2-7,12-20,22H2,1H3,(H,34,36)(H,40,41)/t27-/m1/s1. The zero-order valence-electron chi connectivity index (χ0n) is 25.8. The average molecular weight is 631 g/mol. The number of pyridine rings is 1. The van der Waals surface area contributed by atoms with Crippen molar-refractivity contribution in [3.63, 3.8) is 0 Å². The van der Waals surface area contributed by atoms with Gasteiger partial charge in [-0.15, -0.1) is 0 Å². The number of nitrogens with zero attached hydrogens (tertiary/aromatic N) is 5. The Morgan fingerprint density at radius 2 is 1.87 bits per heavy atom. The van der Waals surface area contributed by atoms with Crippen LogP contribution in [-0.4, -0.2) is 93.3 Å². The van der Waals surface area contributed by atoms with E-state index in [2.05, 4.69) is 21.4 Å². The van der Waals surface area contributed by atoms with Crippen molar-refractivity contribution in [3.05, 3.63) is 63.4 Å². The van der Waals surface area contributed by atoms with E-state index in [1.807, 2.05) is 6.07 Å². The highest BCUT2D eigenvalue weighted by atomic mass is 19.1. The number of aromatic nitrogens is 1. The number of unbranched alkanes of at least 4 members (excludes halogenated alkanes) is 1. The molecule has 1 atom stereocenters. The summed E-state index contributed by atoms with van der Waals surface area (Å²) in [7, 11) is 1.35. The molecule has 13 nitrogen and oxygen atoms in total. The van der Waals surface area contributed by atoms with Gasteiger partial charge in [0, 0.05) is 36.7 Å². The molecular formula is C31H43FN6O7. The van der Waals surface area contributed by atoms with Crippen LogP contribution in [-0.2, 0) is 36.6 Å². The number of aryl methyl sites for hydroxylation is 2. The summed E-state index contributed by atoms with van der Waals surface area (Å²) in [5.74, 6) is -1.03. The molecule has 1 aliphatic heterocycles. The lowest BCUT2D eigenvalue weighted by Gasteiger charge is -2.32. The molecule has 0 radical (unpaired) electrons. The Hall–Kier alpha value is -3.97. The van der Waals surface area contributed by atoms with Crippen LogP contribution in [0.4, 0.5) is 10.2 Å². The number of carbonyl (C=O) groups is 2. The number of nitrogens with one attached hydrogen (secondary N) is 1. The minimum atomic E-state index is -1.11. The molecule has 246 valence electrons. The molecular weight excluding hydrogens is 587 g/mol. The molecule has 1 aromatic carbocycles. The van der Waals surface area contributed by atoms with E-state index in [0.717, 1.165) is 37.3 Å². The first kappa shape index (κ1) is 35.5. The van der Waals surface area contributed by atoms with E-state index >= 15 is 0 Å². The molecule has 0 bridgehead atoms. The number of carboxylic acids is 1. The second kappa shape index (κ2) is 20.1. The topological polar surface area (TPSA) is 168 Å². The van der Waals surface area contributed by atoms with Crippen LogP contribution < -0.4 is 10.1 Å². The van der Waals surface area contributed by atoms with Crippen molar-refractivity contribution < 1.29 is 38.0 Å². The van der Waals surface area contributed by atoms with Crippen LogP contribution in [0.1, 0.15) is 55.0 Å². The molecule has 0 unspecified atom stereocenters. The number of methoxy groups -OCH3 is 1. The van der Waals surface area contributed by atoms with Gasteiger partial charge in [-0.2, -0.15) is 0 Å². The average Bonchev–Trinajstić information content (AvgIpc) is 3.04. The van der Waals surface area contributed by atoms with Crippen LogP contribution in [0.15, 0.2) is 35.4 Å². The predicted molar refractivity (Wildman–Crippen MR) is 165 cm³/mol. The number of hydrogen-bond acceptors (Lipinski definition) is 9. The molecule has 2 N–H and O–H groups in total. The van der Waals surface area contributed by atoms with Crippen molar-refractivity contribution in [2.24, 2.45) is 5.11 Å². The van der Waals surface area contributed by atoms with E-state index < -0.39 is 24.2 Å². The summed E-state index contributed by atoms with van der Waals surface area (Å²) < 4.78 is 36.1. The van der Waals surface area contributed by atoms with E-state index in [-0.39, 0.29) is 44.4 Å². The van der Waals surface area contributed by atoms with Crippen LogP contribution >= 0.6 is 0 Å². The summed E-state index contributed by atoms with van der Waals surface area (Å²) in [6.07, 6.45) is 3.93. The van der Waals surface area contributed by atoms with Crippen LogP contribution in [0, 0.1) is 5.82 Å². The predicted octanol–water partition coefficient (Wildman–Crippen LogP) is 4.70. The SMILES string of the molecule is COc1ccc([C@@H](CC(=O)O)N(CCOCCOCCOCCN=[N+]=[N-])C(=O)CCCCc2ccc3c(n2)NCCC3)cc1F. The van der Waals surface area contributed by atoms with E-state index in [1.54, 1.807) is 6.07 Å². The van der Waals surface area contributed by atoms with Gasteiger partial charge >= 0.3 is 5.97 Å². The minimum absolute atomic E-state index is 0.0288. The number of ether oxygens (including phenoxy) is 4. The quantitative estimate of drug-likeness (QED) is 0.0810. The first-order valence-electron chi connectivity index (χ1n) is 15.2. The summed E-state index contributed by atoms with van der Waals surface area (Å²) in [5.41, 5.74) is 10.8. The van der Waals surface area contributed by atoms with Crippen molar-refractivity contribution in [3.8, 4) is 5.75 Å². The highest BCUT2D eigenvalue weighted by Gasteiger charge is 2.28. The fourth-order valence-electron chi connectivity index (χ4n) is 5.01. The molecule has 0 fully saturated rings. The smallest absolute Gasteiger partial charge is 0.305 e. The summed E-state index contributed by atoms with van der Waals surface area (Å²) in [5, 5.41) is 16.4. The van der Waals surface area contributed by atoms with Gasteiger partial charge in [0.2, 0.25) is 5.91 Å². The van der Waals surface area contributed by atoms with Gasteiger partial charge in [-0.25, -0.2) is 9.37 Å². The van der Waals surface area contributed by atoms with Crippen LogP contribution in [0.25, 0.3) is 10.4 Å². The molecule has 14 heteroatoms. The molecule has 0 spiro atoms. The summed E-state index contributed by atoms with van der Waals surface area (Å²) in [4.78, 5) is 34.2. The van der Waals surface area contributed by atoms with Gasteiger partial charge in [-0.3, -0.25) is 9.59 Å². The van der Waals surface area contributed by atoms with Gasteiger partial charge in [-0.1, -0.05) is 17.2 Å². The maximum Gasteiger partial charge on any atom is 0.305 e. The van der Waals surface area contributed by atoms with Crippen molar-refractivity contribution >= 4 is 17.7 Å². The fraction of sp³-hybridized carbons (Fsp3) is 0.581. The third-order valence-electron chi connectivity index (χ3n) is 7.27. The second-order valence-electron chi connectivity index (χ2n) is 10.4.